The fourth-order valence-corrected chi connectivity index (χ4v) is 2.85. The number of pyridine rings is 1. The zero-order valence-corrected chi connectivity index (χ0v) is 14.7. The van der Waals surface area contributed by atoms with E-state index in [4.69, 9.17) is 21.7 Å². The summed E-state index contributed by atoms with van der Waals surface area (Å²) in [5.74, 6) is 1.57. The van der Waals surface area contributed by atoms with Crippen molar-refractivity contribution in [2.45, 2.75) is 33.0 Å². The first-order valence-electron chi connectivity index (χ1n) is 7.95. The third-order valence-electron chi connectivity index (χ3n) is 3.59. The van der Waals surface area contributed by atoms with Crippen LogP contribution in [0.4, 0.5) is 0 Å². The Kier molecular flexibility index (Phi) is 5.15. The van der Waals surface area contributed by atoms with E-state index in [-0.39, 0.29) is 12.8 Å². The topological polar surface area (TPSA) is 46.6 Å². The average molecular weight is 343 g/mol. The SMILES string of the molecule is CC(C)NC(=S)N(Cc1ccc2c(c1)OCO2)Cc1ccccn1. The highest BCUT2D eigenvalue weighted by Gasteiger charge is 2.17. The minimum atomic E-state index is 0.278. The van der Waals surface area contributed by atoms with Crippen LogP contribution in [-0.2, 0) is 13.1 Å². The van der Waals surface area contributed by atoms with Crippen LogP contribution in [0.15, 0.2) is 42.6 Å². The molecule has 0 fully saturated rings. The Bertz CT molecular complexity index is 707. The van der Waals surface area contributed by atoms with Crippen LogP contribution >= 0.6 is 12.2 Å². The molecule has 2 heterocycles. The predicted molar refractivity (Wildman–Crippen MR) is 96.9 cm³/mol. The largest absolute Gasteiger partial charge is 0.454 e. The summed E-state index contributed by atoms with van der Waals surface area (Å²) in [7, 11) is 0. The van der Waals surface area contributed by atoms with Gasteiger partial charge in [-0.05, 0) is 55.9 Å². The summed E-state index contributed by atoms with van der Waals surface area (Å²) in [6.07, 6.45) is 1.80. The highest BCUT2D eigenvalue weighted by molar-refractivity contribution is 7.80. The van der Waals surface area contributed by atoms with Crippen molar-refractivity contribution in [3.05, 3.63) is 53.9 Å². The van der Waals surface area contributed by atoms with Gasteiger partial charge in [-0.1, -0.05) is 12.1 Å². The van der Waals surface area contributed by atoms with Crippen molar-refractivity contribution in [1.82, 2.24) is 15.2 Å². The van der Waals surface area contributed by atoms with Crippen molar-refractivity contribution < 1.29 is 9.47 Å². The van der Waals surface area contributed by atoms with E-state index in [9.17, 15) is 0 Å². The summed E-state index contributed by atoms with van der Waals surface area (Å²) in [6, 6.07) is 12.2. The Balaban J connectivity index is 1.77. The molecule has 1 aliphatic heterocycles. The van der Waals surface area contributed by atoms with Crippen LogP contribution in [0.5, 0.6) is 11.5 Å². The monoisotopic (exact) mass is 343 g/mol. The van der Waals surface area contributed by atoms with Crippen LogP contribution in [0.2, 0.25) is 0 Å². The molecule has 0 unspecified atom stereocenters. The minimum Gasteiger partial charge on any atom is -0.454 e. The maximum Gasteiger partial charge on any atom is 0.231 e. The van der Waals surface area contributed by atoms with Crippen LogP contribution < -0.4 is 14.8 Å². The highest BCUT2D eigenvalue weighted by Crippen LogP contribution is 2.32. The second kappa shape index (κ2) is 7.49. The third kappa shape index (κ3) is 4.14. The zero-order chi connectivity index (χ0) is 16.9. The highest BCUT2D eigenvalue weighted by atomic mass is 32.1. The zero-order valence-electron chi connectivity index (χ0n) is 13.9. The van der Waals surface area contributed by atoms with Crippen molar-refractivity contribution >= 4 is 17.3 Å². The third-order valence-corrected chi connectivity index (χ3v) is 3.96. The molecule has 1 aliphatic rings. The number of hydrogen-bond donors (Lipinski definition) is 1. The molecular weight excluding hydrogens is 322 g/mol. The number of nitrogens with one attached hydrogen (secondary N) is 1. The maximum atomic E-state index is 5.58. The minimum absolute atomic E-state index is 0.278. The standard InChI is InChI=1S/C18H21N3O2S/c1-13(2)20-18(24)21(11-15-5-3-4-8-19-15)10-14-6-7-16-17(9-14)23-12-22-16/h3-9,13H,10-12H2,1-2H3,(H,20,24). The molecule has 0 saturated heterocycles. The van der Waals surface area contributed by atoms with Gasteiger partial charge in [-0.3, -0.25) is 4.98 Å². The molecule has 1 aromatic heterocycles. The smallest absolute Gasteiger partial charge is 0.231 e. The number of fused-ring (bicyclic) bond motifs is 1. The molecular formula is C18H21N3O2S. The van der Waals surface area contributed by atoms with E-state index in [1.165, 1.54) is 0 Å². The van der Waals surface area contributed by atoms with Gasteiger partial charge in [0.25, 0.3) is 0 Å². The van der Waals surface area contributed by atoms with E-state index in [0.717, 1.165) is 22.8 Å². The Morgan fingerprint density at radius 3 is 2.79 bits per heavy atom. The molecule has 0 radical (unpaired) electrons. The molecule has 0 bridgehead atoms. The van der Waals surface area contributed by atoms with E-state index in [1.54, 1.807) is 6.20 Å². The molecule has 1 N–H and O–H groups in total. The number of aromatic nitrogens is 1. The lowest BCUT2D eigenvalue weighted by Gasteiger charge is -2.27. The molecule has 0 saturated carbocycles. The van der Waals surface area contributed by atoms with Gasteiger partial charge in [0.2, 0.25) is 6.79 Å². The Morgan fingerprint density at radius 1 is 1.21 bits per heavy atom. The number of hydrogen-bond acceptors (Lipinski definition) is 4. The van der Waals surface area contributed by atoms with Gasteiger partial charge in [-0.2, -0.15) is 0 Å². The second-order valence-electron chi connectivity index (χ2n) is 5.97. The average Bonchev–Trinajstić information content (AvgIpc) is 3.02. The fourth-order valence-electron chi connectivity index (χ4n) is 2.48. The molecule has 0 spiro atoms. The van der Waals surface area contributed by atoms with Gasteiger partial charge in [0, 0.05) is 18.8 Å². The predicted octanol–water partition coefficient (Wildman–Crippen LogP) is 3.10. The number of thiocarbonyl (C=S) groups is 1. The van der Waals surface area contributed by atoms with Crippen LogP contribution in [0.3, 0.4) is 0 Å². The Labute approximate surface area is 147 Å². The van der Waals surface area contributed by atoms with Crippen LogP contribution in [-0.4, -0.2) is 27.8 Å². The van der Waals surface area contributed by atoms with E-state index in [0.29, 0.717) is 18.2 Å². The van der Waals surface area contributed by atoms with Crippen molar-refractivity contribution in [1.29, 1.82) is 0 Å². The van der Waals surface area contributed by atoms with Crippen molar-refractivity contribution in [2.75, 3.05) is 6.79 Å². The summed E-state index contributed by atoms with van der Waals surface area (Å²) in [5, 5.41) is 4.03. The van der Waals surface area contributed by atoms with Crippen LogP contribution in [0.1, 0.15) is 25.1 Å². The maximum absolute atomic E-state index is 5.58. The summed E-state index contributed by atoms with van der Waals surface area (Å²) in [5.41, 5.74) is 2.09. The van der Waals surface area contributed by atoms with Crippen molar-refractivity contribution in [3.8, 4) is 11.5 Å². The van der Waals surface area contributed by atoms with Gasteiger partial charge in [-0.25, -0.2) is 0 Å². The summed E-state index contributed by atoms with van der Waals surface area (Å²) in [6.45, 7) is 5.75. The molecule has 0 atom stereocenters. The lowest BCUT2D eigenvalue weighted by atomic mass is 10.2. The molecule has 0 aliphatic carbocycles. The summed E-state index contributed by atoms with van der Waals surface area (Å²) < 4.78 is 10.8. The molecule has 3 rings (SSSR count). The first-order valence-corrected chi connectivity index (χ1v) is 8.36. The Morgan fingerprint density at radius 2 is 2.04 bits per heavy atom. The summed E-state index contributed by atoms with van der Waals surface area (Å²) in [4.78, 5) is 6.51. The number of benzene rings is 1. The van der Waals surface area contributed by atoms with Gasteiger partial charge < -0.3 is 19.7 Å². The fraction of sp³-hybridized carbons (Fsp3) is 0.333. The molecule has 1 aromatic carbocycles. The molecule has 24 heavy (non-hydrogen) atoms. The first kappa shape index (κ1) is 16.5. The second-order valence-corrected chi connectivity index (χ2v) is 6.36. The van der Waals surface area contributed by atoms with Crippen LogP contribution in [0.25, 0.3) is 0 Å². The Hall–Kier alpha value is -2.34. The van der Waals surface area contributed by atoms with Crippen LogP contribution in [0, 0.1) is 0 Å². The van der Waals surface area contributed by atoms with Gasteiger partial charge in [0.05, 0.1) is 12.2 Å². The van der Waals surface area contributed by atoms with Gasteiger partial charge >= 0.3 is 0 Å². The van der Waals surface area contributed by atoms with E-state index in [2.05, 4.69) is 29.0 Å². The molecule has 126 valence electrons. The number of nitrogens with zero attached hydrogens (tertiary/aromatic N) is 2. The van der Waals surface area contributed by atoms with Gasteiger partial charge in [0.1, 0.15) is 0 Å². The normalized spacial score (nSPS) is 12.3. The molecule has 2 aromatic rings. The summed E-state index contributed by atoms with van der Waals surface area (Å²) >= 11 is 5.58. The quantitative estimate of drug-likeness (QED) is 0.842. The lowest BCUT2D eigenvalue weighted by Crippen LogP contribution is -2.42. The number of rotatable bonds is 5. The van der Waals surface area contributed by atoms with Crippen molar-refractivity contribution in [3.63, 3.8) is 0 Å². The number of ether oxygens (including phenoxy) is 2. The van der Waals surface area contributed by atoms with Gasteiger partial charge in [-0.15, -0.1) is 0 Å². The van der Waals surface area contributed by atoms with E-state index in [1.807, 2.05) is 36.4 Å². The lowest BCUT2D eigenvalue weighted by molar-refractivity contribution is 0.174. The molecule has 5 nitrogen and oxygen atoms in total. The molecule has 0 amide bonds. The van der Waals surface area contributed by atoms with E-state index < -0.39 is 0 Å². The molecule has 6 heteroatoms. The van der Waals surface area contributed by atoms with Crippen molar-refractivity contribution in [2.24, 2.45) is 0 Å². The van der Waals surface area contributed by atoms with Gasteiger partial charge in [0.15, 0.2) is 16.6 Å². The van der Waals surface area contributed by atoms with E-state index >= 15 is 0 Å². The first-order chi connectivity index (χ1) is 11.6.